The Hall–Kier alpha value is -2.17. The number of nitrogens with zero attached hydrogens (tertiary/aromatic N) is 1. The van der Waals surface area contributed by atoms with Gasteiger partial charge < -0.3 is 0 Å². The van der Waals surface area contributed by atoms with Crippen LogP contribution in [-0.4, -0.2) is 18.9 Å². The molecule has 1 heterocycles. The van der Waals surface area contributed by atoms with Crippen LogP contribution < -0.4 is 0 Å². The second-order valence-corrected chi connectivity index (χ2v) is 9.07. The summed E-state index contributed by atoms with van der Waals surface area (Å²) in [7, 11) is 0. The zero-order valence-electron chi connectivity index (χ0n) is 18.6. The van der Waals surface area contributed by atoms with Crippen LogP contribution in [0, 0.1) is 23.7 Å². The largest absolute Gasteiger partial charge is 0.289 e. The zero-order valence-corrected chi connectivity index (χ0v) is 18.6. The SMILES string of the molecule is C=C/C(F)=C(CF)\C(F)=C/CC1CCC(C2CC=C(C3CCC(C=C)CC3)C=N2)C=C1F. The number of allylic oxidation sites excluding steroid dienone is 8. The summed E-state index contributed by atoms with van der Waals surface area (Å²) < 4.78 is 55.1. The van der Waals surface area contributed by atoms with Crippen molar-refractivity contribution in [3.63, 3.8) is 0 Å². The average molecular weight is 448 g/mol. The number of alkyl halides is 1. The van der Waals surface area contributed by atoms with E-state index in [0.717, 1.165) is 25.0 Å². The summed E-state index contributed by atoms with van der Waals surface area (Å²) in [6, 6.07) is 0.0324. The molecule has 1 fully saturated rings. The fourth-order valence-electron chi connectivity index (χ4n) is 5.02. The van der Waals surface area contributed by atoms with Crippen LogP contribution in [0.5, 0.6) is 0 Å². The van der Waals surface area contributed by atoms with Crippen LogP contribution in [0.2, 0.25) is 0 Å². The molecular formula is C27H33F4N. The van der Waals surface area contributed by atoms with Gasteiger partial charge in [0, 0.05) is 18.1 Å². The first-order valence-electron chi connectivity index (χ1n) is 11.6. The molecule has 0 radical (unpaired) electrons. The van der Waals surface area contributed by atoms with E-state index in [0.29, 0.717) is 18.3 Å². The molecule has 5 heteroatoms. The van der Waals surface area contributed by atoms with E-state index in [9.17, 15) is 17.6 Å². The molecular weight excluding hydrogens is 414 g/mol. The van der Waals surface area contributed by atoms with Gasteiger partial charge in [-0.2, -0.15) is 0 Å². The molecule has 0 bridgehead atoms. The fourth-order valence-corrected chi connectivity index (χ4v) is 5.02. The van der Waals surface area contributed by atoms with Crippen LogP contribution >= 0.6 is 0 Å². The van der Waals surface area contributed by atoms with Crippen LogP contribution in [0.4, 0.5) is 17.6 Å². The second kappa shape index (κ2) is 11.6. The normalized spacial score (nSPS) is 32.0. The topological polar surface area (TPSA) is 12.4 Å². The Morgan fingerprint density at radius 1 is 1.09 bits per heavy atom. The van der Waals surface area contributed by atoms with Gasteiger partial charge in [-0.25, -0.2) is 17.6 Å². The smallest absolute Gasteiger partial charge is 0.131 e. The maximum absolute atomic E-state index is 14.7. The molecule has 0 aromatic carbocycles. The van der Waals surface area contributed by atoms with Gasteiger partial charge in [-0.15, -0.1) is 6.58 Å². The monoisotopic (exact) mass is 447 g/mol. The first kappa shape index (κ1) is 24.5. The van der Waals surface area contributed by atoms with Gasteiger partial charge in [-0.3, -0.25) is 4.99 Å². The van der Waals surface area contributed by atoms with E-state index in [1.54, 1.807) is 6.08 Å². The number of aliphatic imine (C=N–C) groups is 1. The van der Waals surface area contributed by atoms with Crippen molar-refractivity contribution in [1.29, 1.82) is 0 Å². The van der Waals surface area contributed by atoms with Gasteiger partial charge >= 0.3 is 0 Å². The molecule has 1 saturated carbocycles. The lowest BCUT2D eigenvalue weighted by Crippen LogP contribution is -2.25. The summed E-state index contributed by atoms with van der Waals surface area (Å²) in [4.78, 5) is 4.75. The average Bonchev–Trinajstić information content (AvgIpc) is 2.83. The molecule has 0 aromatic heterocycles. The van der Waals surface area contributed by atoms with E-state index < -0.39 is 29.8 Å². The van der Waals surface area contributed by atoms with Crippen LogP contribution in [0.1, 0.15) is 51.4 Å². The van der Waals surface area contributed by atoms with Crippen LogP contribution in [0.25, 0.3) is 0 Å². The molecule has 0 N–H and O–H groups in total. The van der Waals surface area contributed by atoms with Gasteiger partial charge in [-0.1, -0.05) is 18.7 Å². The highest BCUT2D eigenvalue weighted by atomic mass is 19.2. The summed E-state index contributed by atoms with van der Waals surface area (Å²) in [5, 5.41) is 0. The standard InChI is InChI=1S/C27H33F4N/c1-3-18-5-7-19(8-6-18)22-12-14-27(32-17-22)21-10-9-20(26(31)15-21)11-13-25(30)23(16-28)24(29)4-2/h3-4,12-13,15,17-21,27H,1-2,5-11,14,16H2/b24-23+,25-13+. The van der Waals surface area contributed by atoms with E-state index in [-0.39, 0.29) is 24.2 Å². The number of hydrogen-bond donors (Lipinski definition) is 0. The maximum Gasteiger partial charge on any atom is 0.131 e. The maximum atomic E-state index is 14.7. The predicted octanol–water partition coefficient (Wildman–Crippen LogP) is 8.25. The Bertz CT molecular complexity index is 840. The van der Waals surface area contributed by atoms with E-state index in [1.807, 2.05) is 6.21 Å². The molecule has 3 aliphatic rings. The van der Waals surface area contributed by atoms with Gasteiger partial charge in [0.15, 0.2) is 0 Å². The molecule has 0 spiro atoms. The van der Waals surface area contributed by atoms with Gasteiger partial charge in [0.1, 0.15) is 18.3 Å². The Balaban J connectivity index is 1.55. The molecule has 0 amide bonds. The van der Waals surface area contributed by atoms with Crippen molar-refractivity contribution in [3.8, 4) is 0 Å². The van der Waals surface area contributed by atoms with Crippen LogP contribution in [-0.2, 0) is 0 Å². The van der Waals surface area contributed by atoms with Gasteiger partial charge in [-0.05, 0) is 87.0 Å². The van der Waals surface area contributed by atoms with E-state index in [4.69, 9.17) is 4.99 Å². The molecule has 0 saturated heterocycles. The number of halogens is 4. The minimum atomic E-state index is -1.27. The third-order valence-electron chi connectivity index (χ3n) is 7.16. The molecule has 1 aliphatic heterocycles. The highest BCUT2D eigenvalue weighted by Gasteiger charge is 2.30. The lowest BCUT2D eigenvalue weighted by molar-refractivity contribution is 0.332. The third kappa shape index (κ3) is 5.99. The van der Waals surface area contributed by atoms with Gasteiger partial charge in [0.2, 0.25) is 0 Å². The Labute approximate surface area is 189 Å². The highest BCUT2D eigenvalue weighted by molar-refractivity contribution is 5.80. The van der Waals surface area contributed by atoms with Crippen molar-refractivity contribution >= 4 is 6.21 Å². The molecule has 1 nitrogen and oxygen atoms in total. The van der Waals surface area contributed by atoms with Gasteiger partial charge in [0.05, 0.1) is 17.4 Å². The fraction of sp³-hybridized carbons (Fsp3) is 0.519. The minimum absolute atomic E-state index is 0.0186. The minimum Gasteiger partial charge on any atom is -0.289 e. The molecule has 32 heavy (non-hydrogen) atoms. The van der Waals surface area contributed by atoms with Gasteiger partial charge in [0.25, 0.3) is 0 Å². The van der Waals surface area contributed by atoms with Crippen molar-refractivity contribution in [3.05, 3.63) is 72.2 Å². The molecule has 0 aromatic rings. The predicted molar refractivity (Wildman–Crippen MR) is 124 cm³/mol. The lowest BCUT2D eigenvalue weighted by atomic mass is 9.76. The summed E-state index contributed by atoms with van der Waals surface area (Å²) in [5.74, 6) is -1.56. The number of dihydropyridines is 1. The van der Waals surface area contributed by atoms with Crippen molar-refractivity contribution in [2.24, 2.45) is 28.7 Å². The van der Waals surface area contributed by atoms with Crippen LogP contribution in [0.3, 0.4) is 0 Å². The molecule has 3 unspecified atom stereocenters. The quantitative estimate of drug-likeness (QED) is 0.202. The summed E-state index contributed by atoms with van der Waals surface area (Å²) in [6.45, 7) is 5.82. The van der Waals surface area contributed by atoms with Crippen LogP contribution in [0.15, 0.2) is 77.2 Å². The van der Waals surface area contributed by atoms with Crippen molar-refractivity contribution < 1.29 is 17.6 Å². The summed E-state index contributed by atoms with van der Waals surface area (Å²) in [5.41, 5.74) is 0.640. The van der Waals surface area contributed by atoms with Crippen molar-refractivity contribution in [2.45, 2.75) is 57.4 Å². The lowest BCUT2D eigenvalue weighted by Gasteiger charge is -2.32. The Morgan fingerprint density at radius 3 is 2.41 bits per heavy atom. The van der Waals surface area contributed by atoms with E-state index in [1.165, 1.54) is 31.3 Å². The first-order valence-corrected chi connectivity index (χ1v) is 11.6. The van der Waals surface area contributed by atoms with Crippen molar-refractivity contribution in [2.75, 3.05) is 6.67 Å². The molecule has 2 aliphatic carbocycles. The molecule has 3 rings (SSSR count). The second-order valence-electron chi connectivity index (χ2n) is 9.07. The molecule has 174 valence electrons. The number of hydrogen-bond acceptors (Lipinski definition) is 1. The van der Waals surface area contributed by atoms with E-state index >= 15 is 0 Å². The Kier molecular flexibility index (Phi) is 8.89. The van der Waals surface area contributed by atoms with Crippen molar-refractivity contribution in [1.82, 2.24) is 0 Å². The first-order chi connectivity index (χ1) is 15.5. The van der Waals surface area contributed by atoms with E-state index in [2.05, 4.69) is 25.3 Å². The Morgan fingerprint density at radius 2 is 1.84 bits per heavy atom. The third-order valence-corrected chi connectivity index (χ3v) is 7.16. The zero-order chi connectivity index (χ0) is 23.1. The summed E-state index contributed by atoms with van der Waals surface area (Å²) in [6.07, 6.45) is 16.7. The number of rotatable bonds is 8. The highest BCUT2D eigenvalue weighted by Crippen LogP contribution is 2.38. The summed E-state index contributed by atoms with van der Waals surface area (Å²) >= 11 is 0. The molecule has 3 atom stereocenters.